The van der Waals surface area contributed by atoms with Gasteiger partial charge in [-0.15, -0.1) is 0 Å². The van der Waals surface area contributed by atoms with Crippen molar-refractivity contribution in [2.75, 3.05) is 0 Å². The van der Waals surface area contributed by atoms with Gasteiger partial charge in [-0.3, -0.25) is 0 Å². The Morgan fingerprint density at radius 1 is 0.931 bits per heavy atom. The van der Waals surface area contributed by atoms with Crippen molar-refractivity contribution >= 4 is 21.9 Å². The van der Waals surface area contributed by atoms with Crippen molar-refractivity contribution in [3.05, 3.63) is 82.8 Å². The average Bonchev–Trinajstić information content (AvgIpc) is 3.36. The number of rotatable bonds is 4. The normalized spacial score (nSPS) is 14.4. The second-order valence-corrected chi connectivity index (χ2v) is 8.30. The number of allylic oxidation sites excluding steroid dienone is 2. The summed E-state index contributed by atoms with van der Waals surface area (Å²) in [6.45, 7) is 7.16. The maximum atomic E-state index is 4.88. The maximum absolute atomic E-state index is 4.88. The van der Waals surface area contributed by atoms with E-state index in [1.165, 1.54) is 40.3 Å². The van der Waals surface area contributed by atoms with E-state index in [4.69, 9.17) is 9.97 Å². The lowest BCUT2D eigenvalue weighted by Gasteiger charge is -2.12. The second kappa shape index (κ2) is 7.14. The van der Waals surface area contributed by atoms with E-state index in [-0.39, 0.29) is 0 Å². The Bertz CT molecular complexity index is 1240. The fourth-order valence-corrected chi connectivity index (χ4v) is 4.62. The summed E-state index contributed by atoms with van der Waals surface area (Å²) in [6.07, 6.45) is 7.85. The summed E-state index contributed by atoms with van der Waals surface area (Å²) >= 11 is 0. The highest BCUT2D eigenvalue weighted by Gasteiger charge is 2.15. The minimum absolute atomic E-state index is 0.654. The van der Waals surface area contributed by atoms with Gasteiger partial charge in [-0.05, 0) is 72.2 Å². The van der Waals surface area contributed by atoms with Crippen LogP contribution in [0.5, 0.6) is 0 Å². The van der Waals surface area contributed by atoms with E-state index in [2.05, 4.69) is 80.0 Å². The molecule has 0 bridgehead atoms. The van der Waals surface area contributed by atoms with Crippen LogP contribution in [-0.4, -0.2) is 14.5 Å². The van der Waals surface area contributed by atoms with Gasteiger partial charge in [-0.2, -0.15) is 0 Å². The van der Waals surface area contributed by atoms with Gasteiger partial charge in [-0.25, -0.2) is 9.97 Å². The van der Waals surface area contributed by atoms with Crippen molar-refractivity contribution in [3.8, 4) is 0 Å². The molecule has 0 fully saturated rings. The predicted molar refractivity (Wildman–Crippen MR) is 121 cm³/mol. The van der Waals surface area contributed by atoms with Gasteiger partial charge < -0.3 is 4.57 Å². The van der Waals surface area contributed by atoms with Crippen molar-refractivity contribution in [2.45, 2.75) is 52.5 Å². The van der Waals surface area contributed by atoms with E-state index in [1.54, 1.807) is 0 Å². The first-order valence-corrected chi connectivity index (χ1v) is 10.6. The summed E-state index contributed by atoms with van der Waals surface area (Å²) in [5.41, 5.74) is 7.04. The van der Waals surface area contributed by atoms with Crippen LogP contribution in [0, 0.1) is 13.8 Å². The van der Waals surface area contributed by atoms with Gasteiger partial charge in [0.1, 0.15) is 11.3 Å². The fourth-order valence-electron chi connectivity index (χ4n) is 4.62. The zero-order chi connectivity index (χ0) is 20.0. The minimum atomic E-state index is 0.654. The van der Waals surface area contributed by atoms with Gasteiger partial charge in [0.2, 0.25) is 0 Å². The molecule has 29 heavy (non-hydrogen) atoms. The van der Waals surface area contributed by atoms with E-state index >= 15 is 0 Å². The highest BCUT2D eigenvalue weighted by molar-refractivity contribution is 5.84. The largest absolute Gasteiger partial charge is 0.308 e. The molecule has 2 heterocycles. The van der Waals surface area contributed by atoms with E-state index in [0.29, 0.717) is 5.92 Å². The molecular formula is C26H27N3. The predicted octanol–water partition coefficient (Wildman–Crippen LogP) is 6.25. The monoisotopic (exact) mass is 381 g/mol. The average molecular weight is 382 g/mol. The molecule has 3 heteroatoms. The fraction of sp³-hybridized carbons (Fsp3) is 0.308. The molecule has 0 unspecified atom stereocenters. The molecule has 2 aromatic heterocycles. The highest BCUT2D eigenvalue weighted by atomic mass is 15.1. The van der Waals surface area contributed by atoms with E-state index in [9.17, 15) is 0 Å². The molecule has 0 atom stereocenters. The number of aromatic nitrogens is 3. The van der Waals surface area contributed by atoms with Crippen LogP contribution in [-0.2, 0) is 13.0 Å². The Labute approximate surface area is 172 Å². The minimum Gasteiger partial charge on any atom is -0.308 e. The highest BCUT2D eigenvalue weighted by Crippen LogP contribution is 2.31. The number of aryl methyl sites for hydroxylation is 3. The Morgan fingerprint density at radius 2 is 1.69 bits per heavy atom. The first-order valence-electron chi connectivity index (χ1n) is 10.6. The molecule has 0 radical (unpaired) electrons. The zero-order valence-corrected chi connectivity index (χ0v) is 17.4. The summed E-state index contributed by atoms with van der Waals surface area (Å²) in [5.74, 6) is 1.76. The summed E-state index contributed by atoms with van der Waals surface area (Å²) in [5, 5.41) is 2.63. The topological polar surface area (TPSA) is 30.7 Å². The van der Waals surface area contributed by atoms with Crippen LogP contribution in [0.3, 0.4) is 0 Å². The van der Waals surface area contributed by atoms with E-state index in [1.807, 2.05) is 0 Å². The van der Waals surface area contributed by atoms with Gasteiger partial charge >= 0.3 is 0 Å². The molecule has 4 aromatic rings. The number of benzene rings is 2. The van der Waals surface area contributed by atoms with Crippen LogP contribution >= 0.6 is 0 Å². The van der Waals surface area contributed by atoms with Gasteiger partial charge in [0.15, 0.2) is 5.65 Å². The van der Waals surface area contributed by atoms with Gasteiger partial charge in [0.05, 0.1) is 6.54 Å². The lowest BCUT2D eigenvalue weighted by atomic mass is 9.94. The summed E-state index contributed by atoms with van der Waals surface area (Å²) in [6, 6.07) is 15.9. The number of hydrogen-bond donors (Lipinski definition) is 0. The van der Waals surface area contributed by atoms with Gasteiger partial charge in [-0.1, -0.05) is 49.4 Å². The van der Waals surface area contributed by atoms with Crippen molar-refractivity contribution in [1.82, 2.24) is 14.5 Å². The first kappa shape index (κ1) is 18.1. The molecule has 146 valence electrons. The Morgan fingerprint density at radius 3 is 2.48 bits per heavy atom. The number of pyridine rings is 1. The second-order valence-electron chi connectivity index (χ2n) is 8.30. The molecule has 1 aliphatic carbocycles. The number of hydrogen-bond acceptors (Lipinski definition) is 2. The number of imidazole rings is 1. The van der Waals surface area contributed by atoms with Crippen LogP contribution in [0.2, 0.25) is 0 Å². The van der Waals surface area contributed by atoms with Crippen LogP contribution < -0.4 is 0 Å². The standard InChI is InChI=1S/C26H27N3/c1-4-24-28-25-17(2)13-18(3)27-26(25)29(24)16-19-9-10-23-15-22(12-11-21(23)14-19)20-7-5-6-8-20/h5-6,9-15,20H,4,7-8,16H2,1-3H3. The third-order valence-corrected chi connectivity index (χ3v) is 6.17. The summed E-state index contributed by atoms with van der Waals surface area (Å²) < 4.78 is 2.29. The molecule has 1 aliphatic rings. The lowest BCUT2D eigenvalue weighted by molar-refractivity contribution is 0.746. The molecule has 5 rings (SSSR count). The number of fused-ring (bicyclic) bond motifs is 2. The molecule has 0 saturated carbocycles. The quantitative estimate of drug-likeness (QED) is 0.391. The lowest BCUT2D eigenvalue weighted by Crippen LogP contribution is -2.05. The Hall–Kier alpha value is -2.94. The Kier molecular flexibility index (Phi) is 4.46. The molecule has 0 aliphatic heterocycles. The van der Waals surface area contributed by atoms with Gasteiger partial charge in [0.25, 0.3) is 0 Å². The first-order chi connectivity index (χ1) is 14.1. The SMILES string of the molecule is CCc1nc2c(C)cc(C)nc2n1Cc1ccc2cc(C3CC=CC3)ccc2c1. The molecule has 2 aromatic carbocycles. The maximum Gasteiger partial charge on any atom is 0.160 e. The smallest absolute Gasteiger partial charge is 0.160 e. The van der Waals surface area contributed by atoms with Crippen molar-refractivity contribution < 1.29 is 0 Å². The third-order valence-electron chi connectivity index (χ3n) is 6.17. The molecule has 3 nitrogen and oxygen atoms in total. The number of nitrogens with zero attached hydrogens (tertiary/aromatic N) is 3. The van der Waals surface area contributed by atoms with Crippen LogP contribution in [0.15, 0.2) is 54.6 Å². The molecular weight excluding hydrogens is 354 g/mol. The van der Waals surface area contributed by atoms with Crippen LogP contribution in [0.4, 0.5) is 0 Å². The van der Waals surface area contributed by atoms with Crippen molar-refractivity contribution in [2.24, 2.45) is 0 Å². The van der Waals surface area contributed by atoms with Crippen LogP contribution in [0.25, 0.3) is 21.9 Å². The van der Waals surface area contributed by atoms with Crippen molar-refractivity contribution in [1.29, 1.82) is 0 Å². The molecule has 0 N–H and O–H groups in total. The van der Waals surface area contributed by atoms with Crippen molar-refractivity contribution in [3.63, 3.8) is 0 Å². The molecule has 0 spiro atoms. The zero-order valence-electron chi connectivity index (χ0n) is 17.4. The van der Waals surface area contributed by atoms with E-state index in [0.717, 1.165) is 35.6 Å². The molecule has 0 saturated heterocycles. The third kappa shape index (κ3) is 3.25. The van der Waals surface area contributed by atoms with Crippen LogP contribution in [0.1, 0.15) is 53.9 Å². The Balaban J connectivity index is 1.52. The summed E-state index contributed by atoms with van der Waals surface area (Å²) in [4.78, 5) is 9.69. The summed E-state index contributed by atoms with van der Waals surface area (Å²) in [7, 11) is 0. The molecule has 0 amide bonds. The van der Waals surface area contributed by atoms with E-state index < -0.39 is 0 Å². The van der Waals surface area contributed by atoms with Gasteiger partial charge in [0, 0.05) is 12.1 Å².